The number of hydrogen-bond acceptors (Lipinski definition) is 3. The summed E-state index contributed by atoms with van der Waals surface area (Å²) in [4.78, 5) is 14.8. The van der Waals surface area contributed by atoms with Crippen LogP contribution in [0, 0.1) is 6.92 Å². The summed E-state index contributed by atoms with van der Waals surface area (Å²) in [6, 6.07) is 7.83. The van der Waals surface area contributed by atoms with Crippen molar-refractivity contribution in [2.45, 2.75) is 52.1 Å². The van der Waals surface area contributed by atoms with Gasteiger partial charge < -0.3 is 15.0 Å². The van der Waals surface area contributed by atoms with E-state index in [1.165, 1.54) is 32.4 Å². The Morgan fingerprint density at radius 1 is 1.26 bits per heavy atom. The fourth-order valence-electron chi connectivity index (χ4n) is 2.98. The molecule has 128 valence electrons. The largest absolute Gasteiger partial charge is 0.480 e. The molecule has 1 fully saturated rings. The summed E-state index contributed by atoms with van der Waals surface area (Å²) in [6.45, 7) is 8.21. The number of aryl methyl sites for hydroxylation is 1. The molecule has 0 unspecified atom stereocenters. The van der Waals surface area contributed by atoms with Crippen LogP contribution in [0.1, 0.15) is 44.6 Å². The number of hydrogen-bond donors (Lipinski definition) is 1. The van der Waals surface area contributed by atoms with Gasteiger partial charge in [0.05, 0.1) is 0 Å². The van der Waals surface area contributed by atoms with Gasteiger partial charge in [0.25, 0.3) is 5.91 Å². The zero-order valence-electron chi connectivity index (χ0n) is 14.5. The minimum absolute atomic E-state index is 0.00519. The van der Waals surface area contributed by atoms with E-state index < -0.39 is 6.10 Å². The third kappa shape index (κ3) is 5.87. The molecule has 4 nitrogen and oxygen atoms in total. The van der Waals surface area contributed by atoms with E-state index in [1.807, 2.05) is 38.1 Å². The summed E-state index contributed by atoms with van der Waals surface area (Å²) in [7, 11) is 0. The quantitative estimate of drug-likeness (QED) is 0.749. The topological polar surface area (TPSA) is 41.6 Å². The zero-order valence-corrected chi connectivity index (χ0v) is 14.5. The Balaban J connectivity index is 1.71. The van der Waals surface area contributed by atoms with Crippen LogP contribution in [0.2, 0.25) is 0 Å². The van der Waals surface area contributed by atoms with Crippen molar-refractivity contribution in [3.63, 3.8) is 0 Å². The van der Waals surface area contributed by atoms with Crippen molar-refractivity contribution in [3.8, 4) is 5.75 Å². The summed E-state index contributed by atoms with van der Waals surface area (Å²) < 4.78 is 5.88. The smallest absolute Gasteiger partial charge is 0.261 e. The first kappa shape index (κ1) is 17.8. The molecule has 1 aromatic carbocycles. The monoisotopic (exact) mass is 318 g/mol. The molecule has 0 aliphatic carbocycles. The first-order chi connectivity index (χ1) is 11.2. The zero-order chi connectivity index (χ0) is 16.5. The molecule has 0 spiro atoms. The number of ether oxygens (including phenoxy) is 1. The van der Waals surface area contributed by atoms with Gasteiger partial charge in [-0.25, -0.2) is 0 Å². The van der Waals surface area contributed by atoms with E-state index in [1.54, 1.807) is 0 Å². The van der Waals surface area contributed by atoms with Gasteiger partial charge in [-0.15, -0.1) is 0 Å². The van der Waals surface area contributed by atoms with Crippen LogP contribution in [0.4, 0.5) is 0 Å². The maximum Gasteiger partial charge on any atom is 0.261 e. The Bertz CT molecular complexity index is 484. The van der Waals surface area contributed by atoms with Crippen molar-refractivity contribution in [1.29, 1.82) is 0 Å². The van der Waals surface area contributed by atoms with E-state index in [2.05, 4.69) is 10.2 Å². The molecule has 0 aromatic heterocycles. The van der Waals surface area contributed by atoms with Crippen molar-refractivity contribution < 1.29 is 9.53 Å². The number of amides is 1. The predicted molar refractivity (Wildman–Crippen MR) is 93.8 cm³/mol. The van der Waals surface area contributed by atoms with Gasteiger partial charge >= 0.3 is 0 Å². The first-order valence-electron chi connectivity index (χ1n) is 8.93. The minimum Gasteiger partial charge on any atom is -0.480 e. The molecular weight excluding hydrogens is 288 g/mol. The van der Waals surface area contributed by atoms with E-state index in [0.717, 1.165) is 30.8 Å². The molecule has 23 heavy (non-hydrogen) atoms. The highest BCUT2D eigenvalue weighted by Gasteiger charge is 2.18. The lowest BCUT2D eigenvalue weighted by Crippen LogP contribution is -2.39. The third-order valence-electron chi connectivity index (χ3n) is 4.43. The molecule has 1 amide bonds. The molecule has 0 saturated carbocycles. The van der Waals surface area contributed by atoms with Crippen molar-refractivity contribution in [2.24, 2.45) is 0 Å². The number of nitrogens with one attached hydrogen (secondary N) is 1. The molecule has 1 saturated heterocycles. The highest BCUT2D eigenvalue weighted by atomic mass is 16.5. The van der Waals surface area contributed by atoms with E-state index in [4.69, 9.17) is 4.74 Å². The number of rotatable bonds is 8. The van der Waals surface area contributed by atoms with Gasteiger partial charge in [-0.1, -0.05) is 31.5 Å². The number of likely N-dealkylation sites (tertiary alicyclic amines) is 1. The first-order valence-corrected chi connectivity index (χ1v) is 8.93. The number of para-hydroxylation sites is 1. The molecule has 2 rings (SSSR count). The average Bonchev–Trinajstić information content (AvgIpc) is 2.59. The fourth-order valence-corrected chi connectivity index (χ4v) is 2.98. The maximum absolute atomic E-state index is 12.3. The van der Waals surface area contributed by atoms with E-state index in [-0.39, 0.29) is 5.91 Å². The van der Waals surface area contributed by atoms with Crippen LogP contribution < -0.4 is 10.1 Å². The summed E-state index contributed by atoms with van der Waals surface area (Å²) in [6.07, 6.45) is 5.26. The van der Waals surface area contributed by atoms with Crippen LogP contribution >= 0.6 is 0 Å². The van der Waals surface area contributed by atoms with Crippen molar-refractivity contribution in [2.75, 3.05) is 26.2 Å². The highest BCUT2D eigenvalue weighted by Crippen LogP contribution is 2.18. The molecule has 0 radical (unpaired) electrons. The lowest BCUT2D eigenvalue weighted by Gasteiger charge is -2.26. The predicted octanol–water partition coefficient (Wildman–Crippen LogP) is 3.14. The highest BCUT2D eigenvalue weighted by molar-refractivity contribution is 5.81. The summed E-state index contributed by atoms with van der Waals surface area (Å²) in [5.41, 5.74) is 1.06. The van der Waals surface area contributed by atoms with Crippen molar-refractivity contribution in [3.05, 3.63) is 29.8 Å². The van der Waals surface area contributed by atoms with Crippen LogP contribution in [-0.4, -0.2) is 43.1 Å². The molecule has 4 heteroatoms. The molecule has 0 bridgehead atoms. The fraction of sp³-hybridized carbons (Fsp3) is 0.632. The van der Waals surface area contributed by atoms with Crippen LogP contribution in [0.5, 0.6) is 5.75 Å². The van der Waals surface area contributed by atoms with Gasteiger partial charge in [0, 0.05) is 6.54 Å². The SMILES string of the molecule is CC[C@H](Oc1ccccc1C)C(=O)NCCCN1CCCCC1. The van der Waals surface area contributed by atoms with Gasteiger partial charge in [-0.3, -0.25) is 4.79 Å². The average molecular weight is 318 g/mol. The molecular formula is C19H30N2O2. The number of nitrogens with zero attached hydrogens (tertiary/aromatic N) is 1. The molecule has 1 N–H and O–H groups in total. The number of carbonyl (C=O) groups excluding carboxylic acids is 1. The van der Waals surface area contributed by atoms with Crippen LogP contribution in [0.15, 0.2) is 24.3 Å². The van der Waals surface area contributed by atoms with Gasteiger partial charge in [-0.05, 0) is 63.9 Å². The second-order valence-electron chi connectivity index (χ2n) is 6.33. The van der Waals surface area contributed by atoms with E-state index >= 15 is 0 Å². The standard InChI is InChI=1S/C19H30N2O2/c1-3-17(23-18-11-6-5-10-16(18)2)19(22)20-12-9-15-21-13-7-4-8-14-21/h5-6,10-11,17H,3-4,7-9,12-15H2,1-2H3,(H,20,22)/t17-/m0/s1. The van der Waals surface area contributed by atoms with E-state index in [9.17, 15) is 4.79 Å². The Labute approximate surface area is 140 Å². The number of carbonyl (C=O) groups is 1. The maximum atomic E-state index is 12.3. The molecule has 1 heterocycles. The number of benzene rings is 1. The Morgan fingerprint density at radius 2 is 2.00 bits per heavy atom. The second kappa shape index (κ2) is 9.56. The van der Waals surface area contributed by atoms with Crippen LogP contribution in [0.25, 0.3) is 0 Å². The van der Waals surface area contributed by atoms with Gasteiger partial charge in [0.1, 0.15) is 5.75 Å². The summed E-state index contributed by atoms with van der Waals surface area (Å²) in [5.74, 6) is 0.789. The molecule has 1 atom stereocenters. The Kier molecular flexibility index (Phi) is 7.40. The van der Waals surface area contributed by atoms with Gasteiger partial charge in [0.2, 0.25) is 0 Å². The van der Waals surface area contributed by atoms with Crippen molar-refractivity contribution in [1.82, 2.24) is 10.2 Å². The van der Waals surface area contributed by atoms with Crippen molar-refractivity contribution >= 4 is 5.91 Å². The molecule has 1 aliphatic heterocycles. The summed E-state index contributed by atoms with van der Waals surface area (Å²) >= 11 is 0. The third-order valence-corrected chi connectivity index (χ3v) is 4.43. The lowest BCUT2D eigenvalue weighted by atomic mass is 10.1. The Morgan fingerprint density at radius 3 is 2.70 bits per heavy atom. The van der Waals surface area contributed by atoms with E-state index in [0.29, 0.717) is 6.42 Å². The Hall–Kier alpha value is -1.55. The molecule has 1 aliphatic rings. The molecule has 1 aromatic rings. The minimum atomic E-state index is -0.411. The normalized spacial score (nSPS) is 16.8. The second-order valence-corrected chi connectivity index (χ2v) is 6.33. The summed E-state index contributed by atoms with van der Waals surface area (Å²) in [5, 5.41) is 3.02. The van der Waals surface area contributed by atoms with Crippen LogP contribution in [-0.2, 0) is 4.79 Å². The number of piperidine rings is 1. The lowest BCUT2D eigenvalue weighted by molar-refractivity contribution is -0.128. The van der Waals surface area contributed by atoms with Gasteiger partial charge in [0.15, 0.2) is 6.10 Å². The van der Waals surface area contributed by atoms with Gasteiger partial charge in [-0.2, -0.15) is 0 Å². The van der Waals surface area contributed by atoms with Crippen LogP contribution in [0.3, 0.4) is 0 Å².